The number of hydrogen-bond acceptors (Lipinski definition) is 5. The molecular formula is C13H5BrN6. The summed E-state index contributed by atoms with van der Waals surface area (Å²) in [5, 5.41) is 30.2. The fraction of sp³-hybridized carbons (Fsp3) is 0. The number of rotatable bonds is 1. The molecule has 0 spiro atoms. The van der Waals surface area contributed by atoms with E-state index in [9.17, 15) is 5.26 Å². The Labute approximate surface area is 122 Å². The summed E-state index contributed by atoms with van der Waals surface area (Å²) in [6.45, 7) is 0. The number of benzene rings is 1. The van der Waals surface area contributed by atoms with Crippen molar-refractivity contribution in [3.8, 4) is 23.4 Å². The highest BCUT2D eigenvalue weighted by Crippen LogP contribution is 2.30. The van der Waals surface area contributed by atoms with Crippen molar-refractivity contribution in [1.29, 1.82) is 10.5 Å². The van der Waals surface area contributed by atoms with Crippen LogP contribution in [0.5, 0.6) is 0 Å². The van der Waals surface area contributed by atoms with Crippen LogP contribution in [0.2, 0.25) is 0 Å². The molecule has 94 valence electrons. The number of fused-ring (bicyclic) bond motifs is 1. The van der Waals surface area contributed by atoms with Crippen molar-refractivity contribution in [2.75, 3.05) is 0 Å². The summed E-state index contributed by atoms with van der Waals surface area (Å²) in [5.41, 5.74) is 1.95. The Morgan fingerprint density at radius 1 is 1.05 bits per heavy atom. The molecule has 3 aromatic rings. The molecule has 0 radical (unpaired) electrons. The molecular weight excluding hydrogens is 320 g/mol. The maximum absolute atomic E-state index is 9.17. The molecule has 0 aliphatic carbocycles. The zero-order chi connectivity index (χ0) is 14.1. The molecule has 0 saturated heterocycles. The lowest BCUT2D eigenvalue weighted by Crippen LogP contribution is -2.03. The van der Waals surface area contributed by atoms with Crippen LogP contribution in [-0.2, 0) is 0 Å². The van der Waals surface area contributed by atoms with Crippen LogP contribution in [0.4, 0.5) is 0 Å². The third-order valence-electron chi connectivity index (χ3n) is 2.74. The lowest BCUT2D eigenvalue weighted by atomic mass is 10.2. The number of nitrogens with zero attached hydrogens (tertiary/aromatic N) is 6. The maximum atomic E-state index is 9.17. The van der Waals surface area contributed by atoms with Crippen molar-refractivity contribution in [2.24, 2.45) is 0 Å². The van der Waals surface area contributed by atoms with E-state index in [1.165, 1.54) is 4.52 Å². The Morgan fingerprint density at radius 2 is 1.80 bits per heavy atom. The largest absolute Gasteiger partial charge is 0.199 e. The third-order valence-corrected chi connectivity index (χ3v) is 3.47. The molecule has 1 aromatic carbocycles. The van der Waals surface area contributed by atoms with Crippen LogP contribution in [0, 0.1) is 22.7 Å². The smallest absolute Gasteiger partial charge is 0.198 e. The molecule has 0 unspecified atom stereocenters. The minimum atomic E-state index is -0.0467. The molecule has 7 heteroatoms. The van der Waals surface area contributed by atoms with Gasteiger partial charge in [0.15, 0.2) is 17.0 Å². The molecule has 0 aliphatic heterocycles. The summed E-state index contributed by atoms with van der Waals surface area (Å²) >= 11 is 3.42. The number of halogens is 1. The van der Waals surface area contributed by atoms with Gasteiger partial charge in [-0.05, 0) is 15.9 Å². The zero-order valence-electron chi connectivity index (χ0n) is 9.95. The van der Waals surface area contributed by atoms with Gasteiger partial charge in [0.2, 0.25) is 0 Å². The van der Waals surface area contributed by atoms with Gasteiger partial charge in [-0.2, -0.15) is 20.1 Å². The predicted molar refractivity (Wildman–Crippen MR) is 73.3 cm³/mol. The van der Waals surface area contributed by atoms with Crippen LogP contribution in [-0.4, -0.2) is 19.8 Å². The van der Waals surface area contributed by atoms with E-state index in [0.29, 0.717) is 15.8 Å². The van der Waals surface area contributed by atoms with E-state index in [-0.39, 0.29) is 11.4 Å². The van der Waals surface area contributed by atoms with Crippen molar-refractivity contribution in [3.05, 3.63) is 46.2 Å². The van der Waals surface area contributed by atoms with Crippen molar-refractivity contribution in [2.45, 2.75) is 0 Å². The molecule has 3 rings (SSSR count). The molecule has 20 heavy (non-hydrogen) atoms. The Hall–Kier alpha value is -2.77. The molecule has 0 N–H and O–H groups in total. The summed E-state index contributed by atoms with van der Waals surface area (Å²) < 4.78 is 1.97. The summed E-state index contributed by atoms with van der Waals surface area (Å²) in [6.07, 6.45) is 0. The molecule has 0 bridgehead atoms. The van der Waals surface area contributed by atoms with Crippen LogP contribution in [0.15, 0.2) is 34.8 Å². The van der Waals surface area contributed by atoms with Crippen LogP contribution in [0.1, 0.15) is 11.4 Å². The van der Waals surface area contributed by atoms with Gasteiger partial charge in [0, 0.05) is 5.56 Å². The second kappa shape index (κ2) is 4.72. The van der Waals surface area contributed by atoms with Gasteiger partial charge in [-0.15, -0.1) is 10.2 Å². The van der Waals surface area contributed by atoms with E-state index in [4.69, 9.17) is 5.26 Å². The lowest BCUT2D eigenvalue weighted by molar-refractivity contribution is 0.863. The average molecular weight is 325 g/mol. The van der Waals surface area contributed by atoms with Gasteiger partial charge in [-0.25, -0.2) is 0 Å². The Morgan fingerprint density at radius 3 is 2.45 bits per heavy atom. The van der Waals surface area contributed by atoms with Gasteiger partial charge in [0.05, 0.1) is 4.47 Å². The molecule has 6 nitrogen and oxygen atoms in total. The van der Waals surface area contributed by atoms with E-state index in [2.05, 4.69) is 31.2 Å². The SMILES string of the molecule is N#Cc1nnc2c(Br)c(-c3ccccc3)nn2c1C#N. The summed E-state index contributed by atoms with van der Waals surface area (Å²) in [6, 6.07) is 13.3. The first-order valence-corrected chi connectivity index (χ1v) is 6.36. The quantitative estimate of drug-likeness (QED) is 0.685. The van der Waals surface area contributed by atoms with Crippen molar-refractivity contribution in [3.63, 3.8) is 0 Å². The summed E-state index contributed by atoms with van der Waals surface area (Å²) in [5.74, 6) is 0. The first-order valence-electron chi connectivity index (χ1n) is 5.56. The molecule has 2 aromatic heterocycles. The topological polar surface area (TPSA) is 90.7 Å². The molecule has 2 heterocycles. The number of aromatic nitrogens is 4. The highest BCUT2D eigenvalue weighted by Gasteiger charge is 2.18. The fourth-order valence-corrected chi connectivity index (χ4v) is 2.39. The van der Waals surface area contributed by atoms with Crippen LogP contribution in [0.25, 0.3) is 16.9 Å². The molecule has 0 amide bonds. The van der Waals surface area contributed by atoms with Gasteiger partial charge < -0.3 is 0 Å². The second-order valence-corrected chi connectivity index (χ2v) is 4.68. The summed E-state index contributed by atoms with van der Waals surface area (Å²) in [7, 11) is 0. The van der Waals surface area contributed by atoms with Crippen molar-refractivity contribution in [1.82, 2.24) is 19.8 Å². The third kappa shape index (κ3) is 1.73. The molecule has 0 saturated carbocycles. The number of hydrogen-bond donors (Lipinski definition) is 0. The zero-order valence-corrected chi connectivity index (χ0v) is 11.5. The standard InChI is InChI=1S/C13H5BrN6/c14-11-12(8-4-2-1-3-5-8)19-20-10(7-16)9(6-15)17-18-13(11)20/h1-5H. The van der Waals surface area contributed by atoms with Gasteiger partial charge in [0.1, 0.15) is 17.8 Å². The monoisotopic (exact) mass is 324 g/mol. The van der Waals surface area contributed by atoms with Crippen LogP contribution >= 0.6 is 15.9 Å². The van der Waals surface area contributed by atoms with Gasteiger partial charge >= 0.3 is 0 Å². The first kappa shape index (κ1) is 12.3. The van der Waals surface area contributed by atoms with Gasteiger partial charge in [-0.3, -0.25) is 0 Å². The van der Waals surface area contributed by atoms with E-state index < -0.39 is 0 Å². The average Bonchev–Trinajstić information content (AvgIpc) is 2.84. The maximum Gasteiger partial charge on any atom is 0.199 e. The van der Waals surface area contributed by atoms with Crippen molar-refractivity contribution < 1.29 is 0 Å². The minimum Gasteiger partial charge on any atom is -0.198 e. The molecule has 0 aliphatic rings. The van der Waals surface area contributed by atoms with E-state index in [1.54, 1.807) is 0 Å². The Balaban J connectivity index is 2.37. The highest BCUT2D eigenvalue weighted by molar-refractivity contribution is 9.10. The number of nitriles is 2. The van der Waals surface area contributed by atoms with E-state index in [0.717, 1.165) is 5.56 Å². The minimum absolute atomic E-state index is 0.0467. The summed E-state index contributed by atoms with van der Waals surface area (Å²) in [4.78, 5) is 0. The van der Waals surface area contributed by atoms with E-state index >= 15 is 0 Å². The van der Waals surface area contributed by atoms with Crippen molar-refractivity contribution >= 4 is 21.6 Å². The predicted octanol–water partition coefficient (Wildman–Crippen LogP) is 2.30. The highest BCUT2D eigenvalue weighted by atomic mass is 79.9. The lowest BCUT2D eigenvalue weighted by Gasteiger charge is -1.95. The van der Waals surface area contributed by atoms with Crippen LogP contribution in [0.3, 0.4) is 0 Å². The first-order chi connectivity index (χ1) is 9.76. The fourth-order valence-electron chi connectivity index (χ4n) is 1.83. The van der Waals surface area contributed by atoms with Crippen LogP contribution < -0.4 is 0 Å². The van der Waals surface area contributed by atoms with E-state index in [1.807, 2.05) is 42.5 Å². The molecule has 0 fully saturated rings. The Bertz CT molecular complexity index is 885. The second-order valence-electron chi connectivity index (χ2n) is 3.88. The Kier molecular flexibility index (Phi) is 2.90. The normalized spacial score (nSPS) is 10.2. The van der Waals surface area contributed by atoms with Gasteiger partial charge in [0.25, 0.3) is 0 Å². The molecule has 0 atom stereocenters. The van der Waals surface area contributed by atoms with Gasteiger partial charge in [-0.1, -0.05) is 30.3 Å².